The zero-order valence-electron chi connectivity index (χ0n) is 8.83. The van der Waals surface area contributed by atoms with Gasteiger partial charge in [0.25, 0.3) is 0 Å². The molecule has 2 aliphatic rings. The van der Waals surface area contributed by atoms with Gasteiger partial charge in [0.1, 0.15) is 0 Å². The number of nitrogens with one attached hydrogen (secondary N) is 1. The van der Waals surface area contributed by atoms with Crippen molar-refractivity contribution >= 4 is 5.91 Å². The summed E-state index contributed by atoms with van der Waals surface area (Å²) in [5, 5.41) is 3.26. The SMILES string of the molecule is CC(C(=O)N1CCNCC1)N1CCC1. The van der Waals surface area contributed by atoms with Gasteiger partial charge in [-0.15, -0.1) is 0 Å². The quantitative estimate of drug-likeness (QED) is 0.649. The summed E-state index contributed by atoms with van der Waals surface area (Å²) in [6, 6.07) is 0.0989. The van der Waals surface area contributed by atoms with E-state index in [1.807, 2.05) is 11.8 Å². The predicted molar refractivity (Wildman–Crippen MR) is 55.1 cm³/mol. The van der Waals surface area contributed by atoms with Gasteiger partial charge in [-0.2, -0.15) is 0 Å². The second kappa shape index (κ2) is 4.28. The summed E-state index contributed by atoms with van der Waals surface area (Å²) in [4.78, 5) is 16.2. The Bertz CT molecular complexity index is 205. The van der Waals surface area contributed by atoms with Crippen molar-refractivity contribution in [2.75, 3.05) is 39.3 Å². The number of amides is 1. The van der Waals surface area contributed by atoms with Crippen molar-refractivity contribution < 1.29 is 4.79 Å². The van der Waals surface area contributed by atoms with E-state index in [1.54, 1.807) is 0 Å². The van der Waals surface area contributed by atoms with E-state index >= 15 is 0 Å². The summed E-state index contributed by atoms with van der Waals surface area (Å²) in [6.45, 7) is 7.85. The molecule has 0 aromatic rings. The zero-order valence-corrected chi connectivity index (χ0v) is 8.83. The van der Waals surface area contributed by atoms with E-state index in [4.69, 9.17) is 0 Å². The number of carbonyl (C=O) groups excluding carboxylic acids is 1. The minimum absolute atomic E-state index is 0.0989. The smallest absolute Gasteiger partial charge is 0.239 e. The minimum atomic E-state index is 0.0989. The molecule has 2 saturated heterocycles. The van der Waals surface area contributed by atoms with E-state index in [2.05, 4.69) is 10.2 Å². The molecule has 2 heterocycles. The second-order valence-electron chi connectivity index (χ2n) is 4.14. The van der Waals surface area contributed by atoms with Crippen LogP contribution in [-0.2, 0) is 4.79 Å². The lowest BCUT2D eigenvalue weighted by atomic mass is 10.1. The minimum Gasteiger partial charge on any atom is -0.339 e. The van der Waals surface area contributed by atoms with Gasteiger partial charge in [-0.25, -0.2) is 0 Å². The fourth-order valence-corrected chi connectivity index (χ4v) is 2.03. The summed E-state index contributed by atoms with van der Waals surface area (Å²) >= 11 is 0. The van der Waals surface area contributed by atoms with Crippen molar-refractivity contribution in [3.8, 4) is 0 Å². The van der Waals surface area contributed by atoms with Crippen molar-refractivity contribution in [2.24, 2.45) is 0 Å². The molecule has 0 aromatic carbocycles. The fraction of sp³-hybridized carbons (Fsp3) is 0.900. The maximum absolute atomic E-state index is 12.0. The van der Waals surface area contributed by atoms with Gasteiger partial charge >= 0.3 is 0 Å². The molecule has 2 rings (SSSR count). The van der Waals surface area contributed by atoms with Crippen LogP contribution in [0.1, 0.15) is 13.3 Å². The number of likely N-dealkylation sites (tertiary alicyclic amines) is 1. The largest absolute Gasteiger partial charge is 0.339 e. The molecule has 0 saturated carbocycles. The highest BCUT2D eigenvalue weighted by Crippen LogP contribution is 2.13. The van der Waals surface area contributed by atoms with Gasteiger partial charge in [-0.05, 0) is 13.3 Å². The number of nitrogens with zero attached hydrogens (tertiary/aromatic N) is 2. The molecule has 1 atom stereocenters. The van der Waals surface area contributed by atoms with Crippen LogP contribution in [0.4, 0.5) is 0 Å². The molecule has 4 nitrogen and oxygen atoms in total. The van der Waals surface area contributed by atoms with Crippen LogP contribution in [0.5, 0.6) is 0 Å². The van der Waals surface area contributed by atoms with E-state index < -0.39 is 0 Å². The average molecular weight is 197 g/mol. The monoisotopic (exact) mass is 197 g/mol. The summed E-state index contributed by atoms with van der Waals surface area (Å²) in [6.07, 6.45) is 1.25. The van der Waals surface area contributed by atoms with Gasteiger partial charge in [-0.3, -0.25) is 9.69 Å². The normalized spacial score (nSPS) is 25.6. The van der Waals surface area contributed by atoms with E-state index in [0.29, 0.717) is 5.91 Å². The van der Waals surface area contributed by atoms with Gasteiger partial charge in [0.15, 0.2) is 0 Å². The molecule has 0 aliphatic carbocycles. The Kier molecular flexibility index (Phi) is 3.03. The standard InChI is InChI=1S/C10H19N3O/c1-9(12-5-2-6-12)10(14)13-7-3-11-4-8-13/h9,11H,2-8H2,1H3. The van der Waals surface area contributed by atoms with Crippen LogP contribution in [0, 0.1) is 0 Å². The van der Waals surface area contributed by atoms with Crippen molar-refractivity contribution in [2.45, 2.75) is 19.4 Å². The fourth-order valence-electron chi connectivity index (χ4n) is 2.03. The summed E-state index contributed by atoms with van der Waals surface area (Å²) in [7, 11) is 0. The molecule has 14 heavy (non-hydrogen) atoms. The Labute approximate surface area is 85.2 Å². The Morgan fingerprint density at radius 1 is 1.21 bits per heavy atom. The van der Waals surface area contributed by atoms with Gasteiger partial charge < -0.3 is 10.2 Å². The molecule has 2 aliphatic heterocycles. The molecule has 0 spiro atoms. The van der Waals surface area contributed by atoms with Gasteiger partial charge in [-0.1, -0.05) is 0 Å². The van der Waals surface area contributed by atoms with Gasteiger partial charge in [0.05, 0.1) is 6.04 Å². The second-order valence-corrected chi connectivity index (χ2v) is 4.14. The number of piperazine rings is 1. The van der Waals surface area contributed by atoms with Crippen molar-refractivity contribution in [1.29, 1.82) is 0 Å². The molecule has 1 N–H and O–H groups in total. The highest BCUT2D eigenvalue weighted by atomic mass is 16.2. The van der Waals surface area contributed by atoms with Gasteiger partial charge in [0, 0.05) is 39.3 Å². The molecule has 2 fully saturated rings. The van der Waals surface area contributed by atoms with Crippen LogP contribution in [-0.4, -0.2) is 61.0 Å². The molecule has 1 amide bonds. The van der Waals surface area contributed by atoms with Crippen molar-refractivity contribution in [1.82, 2.24) is 15.1 Å². The van der Waals surface area contributed by atoms with E-state index in [0.717, 1.165) is 39.3 Å². The lowest BCUT2D eigenvalue weighted by molar-refractivity contribution is -0.138. The Morgan fingerprint density at radius 3 is 2.36 bits per heavy atom. The van der Waals surface area contributed by atoms with Gasteiger partial charge in [0.2, 0.25) is 5.91 Å². The first-order valence-electron chi connectivity index (χ1n) is 5.52. The van der Waals surface area contributed by atoms with Crippen LogP contribution in [0.25, 0.3) is 0 Å². The summed E-state index contributed by atoms with van der Waals surface area (Å²) < 4.78 is 0. The third kappa shape index (κ3) is 1.91. The Hall–Kier alpha value is -0.610. The van der Waals surface area contributed by atoms with E-state index in [-0.39, 0.29) is 6.04 Å². The lowest BCUT2D eigenvalue weighted by Gasteiger charge is -2.39. The van der Waals surface area contributed by atoms with Crippen LogP contribution in [0.15, 0.2) is 0 Å². The van der Waals surface area contributed by atoms with E-state index in [9.17, 15) is 4.79 Å². The Morgan fingerprint density at radius 2 is 1.86 bits per heavy atom. The summed E-state index contributed by atoms with van der Waals surface area (Å²) in [5.41, 5.74) is 0. The maximum atomic E-state index is 12.0. The first-order chi connectivity index (χ1) is 6.79. The third-order valence-corrected chi connectivity index (χ3v) is 3.22. The molecule has 4 heteroatoms. The summed E-state index contributed by atoms with van der Waals surface area (Å²) in [5.74, 6) is 0.311. The first kappa shape index (κ1) is 9.93. The van der Waals surface area contributed by atoms with E-state index in [1.165, 1.54) is 6.42 Å². The van der Waals surface area contributed by atoms with Crippen molar-refractivity contribution in [3.63, 3.8) is 0 Å². The molecular formula is C10H19N3O. The highest BCUT2D eigenvalue weighted by molar-refractivity contribution is 5.81. The highest BCUT2D eigenvalue weighted by Gasteiger charge is 2.29. The predicted octanol–water partition coefficient (Wildman–Crippen LogP) is -0.488. The number of rotatable bonds is 2. The van der Waals surface area contributed by atoms with Crippen LogP contribution in [0.2, 0.25) is 0 Å². The molecule has 0 radical (unpaired) electrons. The molecule has 80 valence electrons. The zero-order chi connectivity index (χ0) is 9.97. The molecule has 0 aromatic heterocycles. The van der Waals surface area contributed by atoms with Crippen LogP contribution < -0.4 is 5.32 Å². The molecule has 0 bridgehead atoms. The molecule has 1 unspecified atom stereocenters. The first-order valence-corrected chi connectivity index (χ1v) is 5.52. The third-order valence-electron chi connectivity index (χ3n) is 3.22. The maximum Gasteiger partial charge on any atom is 0.239 e. The van der Waals surface area contributed by atoms with Crippen molar-refractivity contribution in [3.05, 3.63) is 0 Å². The topological polar surface area (TPSA) is 35.6 Å². The average Bonchev–Trinajstić information content (AvgIpc) is 2.15. The Balaban J connectivity index is 1.85. The number of hydrogen-bond donors (Lipinski definition) is 1. The van der Waals surface area contributed by atoms with Crippen LogP contribution >= 0.6 is 0 Å². The number of hydrogen-bond acceptors (Lipinski definition) is 3. The molecular weight excluding hydrogens is 178 g/mol. The lowest BCUT2D eigenvalue weighted by Crippen LogP contribution is -2.55. The van der Waals surface area contributed by atoms with Crippen LogP contribution in [0.3, 0.4) is 0 Å². The number of carbonyl (C=O) groups is 1.